The van der Waals surface area contributed by atoms with Crippen molar-refractivity contribution in [1.29, 1.82) is 0 Å². The van der Waals surface area contributed by atoms with Gasteiger partial charge in [0.1, 0.15) is 0 Å². The molecular weight excluding hydrogens is 380 g/mol. The van der Waals surface area contributed by atoms with Crippen molar-refractivity contribution in [2.75, 3.05) is 24.5 Å². The van der Waals surface area contributed by atoms with Crippen LogP contribution in [0.5, 0.6) is 0 Å². The summed E-state index contributed by atoms with van der Waals surface area (Å²) in [6, 6.07) is 30.4. The van der Waals surface area contributed by atoms with E-state index >= 15 is 0 Å². The lowest BCUT2D eigenvalue weighted by atomic mass is 9.88. The highest BCUT2D eigenvalue weighted by Crippen LogP contribution is 2.34. The SMILES string of the molecule is O=C1Cc2ccccc2N1C1CCN(CCC(c2ccccc2)c2ccccc2)CC1. The molecule has 0 aromatic heterocycles. The number of anilines is 1. The largest absolute Gasteiger partial charge is 0.309 e. The molecule has 0 radical (unpaired) electrons. The van der Waals surface area contributed by atoms with E-state index in [9.17, 15) is 4.79 Å². The van der Waals surface area contributed by atoms with E-state index in [4.69, 9.17) is 0 Å². The van der Waals surface area contributed by atoms with Crippen molar-refractivity contribution >= 4 is 11.6 Å². The van der Waals surface area contributed by atoms with Gasteiger partial charge in [-0.05, 0) is 48.6 Å². The first kappa shape index (κ1) is 20.0. The standard InChI is InChI=1S/C28H30N2O/c31-28-21-24-13-7-8-14-27(24)30(28)25-15-18-29(19-16-25)20-17-26(22-9-3-1-4-10-22)23-11-5-2-6-12-23/h1-14,25-26H,15-21H2. The maximum atomic E-state index is 12.7. The maximum Gasteiger partial charge on any atom is 0.231 e. The zero-order valence-corrected chi connectivity index (χ0v) is 18.0. The fraction of sp³-hybridized carbons (Fsp3) is 0.321. The Hall–Kier alpha value is -2.91. The summed E-state index contributed by atoms with van der Waals surface area (Å²) >= 11 is 0. The van der Waals surface area contributed by atoms with Crippen LogP contribution in [0.25, 0.3) is 0 Å². The van der Waals surface area contributed by atoms with Gasteiger partial charge in [-0.1, -0.05) is 78.9 Å². The Morgan fingerprint density at radius 3 is 2.00 bits per heavy atom. The third-order valence-corrected chi connectivity index (χ3v) is 6.92. The molecule has 0 N–H and O–H groups in total. The third-order valence-electron chi connectivity index (χ3n) is 6.92. The molecular formula is C28H30N2O. The lowest BCUT2D eigenvalue weighted by molar-refractivity contribution is -0.118. The first-order valence-electron chi connectivity index (χ1n) is 11.5. The number of piperidine rings is 1. The number of amides is 1. The smallest absolute Gasteiger partial charge is 0.231 e. The summed E-state index contributed by atoms with van der Waals surface area (Å²) in [4.78, 5) is 17.3. The van der Waals surface area contributed by atoms with Gasteiger partial charge in [0.05, 0.1) is 6.42 Å². The van der Waals surface area contributed by atoms with Crippen molar-refractivity contribution in [3.05, 3.63) is 102 Å². The van der Waals surface area contributed by atoms with Crippen LogP contribution in [0.15, 0.2) is 84.9 Å². The van der Waals surface area contributed by atoms with E-state index in [0.29, 0.717) is 18.4 Å². The molecule has 3 nitrogen and oxygen atoms in total. The number of para-hydroxylation sites is 1. The number of rotatable bonds is 6. The van der Waals surface area contributed by atoms with Crippen LogP contribution >= 0.6 is 0 Å². The predicted molar refractivity (Wildman–Crippen MR) is 126 cm³/mol. The fourth-order valence-corrected chi connectivity index (χ4v) is 5.29. The van der Waals surface area contributed by atoms with Crippen LogP contribution in [0.2, 0.25) is 0 Å². The van der Waals surface area contributed by atoms with Gasteiger partial charge in [-0.3, -0.25) is 4.79 Å². The molecule has 3 aromatic rings. The molecule has 158 valence electrons. The second kappa shape index (κ2) is 9.07. The van der Waals surface area contributed by atoms with Crippen molar-refractivity contribution in [2.24, 2.45) is 0 Å². The van der Waals surface area contributed by atoms with E-state index in [2.05, 4.69) is 82.6 Å². The van der Waals surface area contributed by atoms with Gasteiger partial charge in [-0.15, -0.1) is 0 Å². The van der Waals surface area contributed by atoms with E-state index in [-0.39, 0.29) is 5.91 Å². The van der Waals surface area contributed by atoms with Gasteiger partial charge < -0.3 is 9.80 Å². The molecule has 5 rings (SSSR count). The molecule has 2 aliphatic rings. The topological polar surface area (TPSA) is 23.6 Å². The molecule has 0 spiro atoms. The van der Waals surface area contributed by atoms with Gasteiger partial charge in [0.2, 0.25) is 5.91 Å². The number of hydrogen-bond donors (Lipinski definition) is 0. The van der Waals surface area contributed by atoms with Crippen LogP contribution < -0.4 is 4.90 Å². The molecule has 1 amide bonds. The Balaban J connectivity index is 1.22. The second-order valence-corrected chi connectivity index (χ2v) is 8.80. The molecule has 2 heterocycles. The molecule has 1 saturated heterocycles. The number of carbonyl (C=O) groups excluding carboxylic acids is 1. The molecule has 3 aromatic carbocycles. The highest BCUT2D eigenvalue weighted by molar-refractivity contribution is 6.01. The molecule has 0 bridgehead atoms. The summed E-state index contributed by atoms with van der Waals surface area (Å²) in [5, 5.41) is 0. The zero-order valence-electron chi connectivity index (χ0n) is 18.0. The zero-order chi connectivity index (χ0) is 21.0. The highest BCUT2D eigenvalue weighted by atomic mass is 16.2. The summed E-state index contributed by atoms with van der Waals surface area (Å²) in [6.07, 6.45) is 3.79. The maximum absolute atomic E-state index is 12.7. The Morgan fingerprint density at radius 1 is 0.774 bits per heavy atom. The van der Waals surface area contributed by atoms with Crippen molar-refractivity contribution in [2.45, 2.75) is 37.6 Å². The second-order valence-electron chi connectivity index (χ2n) is 8.80. The number of likely N-dealkylation sites (tertiary alicyclic amines) is 1. The first-order valence-corrected chi connectivity index (χ1v) is 11.5. The molecule has 1 fully saturated rings. The Labute approximate surface area is 185 Å². The lowest BCUT2D eigenvalue weighted by Crippen LogP contribution is -2.46. The van der Waals surface area contributed by atoms with Crippen molar-refractivity contribution in [1.82, 2.24) is 4.90 Å². The molecule has 3 heteroatoms. The van der Waals surface area contributed by atoms with Crippen molar-refractivity contribution in [3.8, 4) is 0 Å². The van der Waals surface area contributed by atoms with Gasteiger partial charge >= 0.3 is 0 Å². The summed E-state index contributed by atoms with van der Waals surface area (Å²) in [7, 11) is 0. The van der Waals surface area contributed by atoms with Gasteiger partial charge in [0.15, 0.2) is 0 Å². The Morgan fingerprint density at radius 2 is 1.35 bits per heavy atom. The molecule has 0 unspecified atom stereocenters. The molecule has 31 heavy (non-hydrogen) atoms. The number of nitrogens with zero attached hydrogens (tertiary/aromatic N) is 2. The first-order chi connectivity index (χ1) is 15.3. The van der Waals surface area contributed by atoms with Crippen LogP contribution in [0, 0.1) is 0 Å². The van der Waals surface area contributed by atoms with E-state index in [1.165, 1.54) is 16.7 Å². The van der Waals surface area contributed by atoms with Gasteiger partial charge in [-0.25, -0.2) is 0 Å². The molecule has 0 aliphatic carbocycles. The van der Waals surface area contributed by atoms with Gasteiger partial charge in [0, 0.05) is 30.7 Å². The van der Waals surface area contributed by atoms with Crippen molar-refractivity contribution < 1.29 is 4.79 Å². The van der Waals surface area contributed by atoms with Gasteiger partial charge in [-0.2, -0.15) is 0 Å². The molecule has 0 atom stereocenters. The average Bonchev–Trinajstić information content (AvgIpc) is 3.17. The number of hydrogen-bond acceptors (Lipinski definition) is 2. The van der Waals surface area contributed by atoms with Crippen LogP contribution in [-0.2, 0) is 11.2 Å². The van der Waals surface area contributed by atoms with E-state index in [0.717, 1.165) is 44.6 Å². The minimum absolute atomic E-state index is 0.271. The third kappa shape index (κ3) is 4.28. The predicted octanol–water partition coefficient (Wildman–Crippen LogP) is 5.26. The van der Waals surface area contributed by atoms with Crippen LogP contribution in [0.1, 0.15) is 41.9 Å². The normalized spacial score (nSPS) is 17.3. The monoisotopic (exact) mass is 410 g/mol. The van der Waals surface area contributed by atoms with E-state index in [1.807, 2.05) is 12.1 Å². The molecule has 0 saturated carbocycles. The fourth-order valence-electron chi connectivity index (χ4n) is 5.29. The minimum atomic E-state index is 0.271. The van der Waals surface area contributed by atoms with Crippen LogP contribution in [0.4, 0.5) is 5.69 Å². The van der Waals surface area contributed by atoms with E-state index < -0.39 is 0 Å². The van der Waals surface area contributed by atoms with Crippen molar-refractivity contribution in [3.63, 3.8) is 0 Å². The lowest BCUT2D eigenvalue weighted by Gasteiger charge is -2.37. The Bertz CT molecular complexity index is 970. The summed E-state index contributed by atoms with van der Waals surface area (Å²) in [5.41, 5.74) is 5.10. The van der Waals surface area contributed by atoms with Crippen LogP contribution in [0.3, 0.4) is 0 Å². The van der Waals surface area contributed by atoms with Gasteiger partial charge in [0.25, 0.3) is 0 Å². The summed E-state index contributed by atoms with van der Waals surface area (Å²) in [6.45, 7) is 3.21. The highest BCUT2D eigenvalue weighted by Gasteiger charge is 2.34. The number of fused-ring (bicyclic) bond motifs is 1. The summed E-state index contributed by atoms with van der Waals surface area (Å²) < 4.78 is 0. The number of benzene rings is 3. The number of carbonyl (C=O) groups is 1. The van der Waals surface area contributed by atoms with E-state index in [1.54, 1.807) is 0 Å². The average molecular weight is 411 g/mol. The minimum Gasteiger partial charge on any atom is -0.309 e. The quantitative estimate of drug-likeness (QED) is 0.553. The summed E-state index contributed by atoms with van der Waals surface area (Å²) in [5.74, 6) is 0.694. The van der Waals surface area contributed by atoms with Crippen LogP contribution in [-0.4, -0.2) is 36.5 Å². The molecule has 2 aliphatic heterocycles. The Kier molecular flexibility index (Phi) is 5.86.